The fourth-order valence-corrected chi connectivity index (χ4v) is 1.87. The van der Waals surface area contributed by atoms with Gasteiger partial charge in [0.25, 0.3) is 0 Å². The molecule has 2 N–H and O–H groups in total. The third kappa shape index (κ3) is 7.68. The summed E-state index contributed by atoms with van der Waals surface area (Å²) in [7, 11) is 0. The van der Waals surface area contributed by atoms with Crippen LogP contribution >= 0.6 is 11.8 Å². The van der Waals surface area contributed by atoms with E-state index < -0.39 is 0 Å². The van der Waals surface area contributed by atoms with Crippen LogP contribution in [0.2, 0.25) is 0 Å². The Labute approximate surface area is 96.8 Å². The van der Waals surface area contributed by atoms with Crippen LogP contribution in [-0.2, 0) is 4.79 Å². The molecule has 0 bridgehead atoms. The van der Waals surface area contributed by atoms with Gasteiger partial charge in [-0.1, -0.05) is 6.42 Å². The second kappa shape index (κ2) is 7.99. The molecule has 0 unspecified atom stereocenters. The highest BCUT2D eigenvalue weighted by atomic mass is 32.2. The first-order chi connectivity index (χ1) is 7.33. The van der Waals surface area contributed by atoms with Gasteiger partial charge < -0.3 is 10.6 Å². The van der Waals surface area contributed by atoms with E-state index in [1.54, 1.807) is 0 Å². The maximum absolute atomic E-state index is 11.3. The van der Waals surface area contributed by atoms with Gasteiger partial charge in [-0.25, -0.2) is 0 Å². The number of hydrogen-bond donors (Lipinski definition) is 2. The Morgan fingerprint density at radius 3 is 2.80 bits per heavy atom. The summed E-state index contributed by atoms with van der Waals surface area (Å²) in [5.74, 6) is 1.41. The molecule has 1 rings (SSSR count). The number of carbonyl (C=O) groups excluding carboxylic acids is 1. The molecule has 0 saturated heterocycles. The van der Waals surface area contributed by atoms with Gasteiger partial charge in [-0.2, -0.15) is 11.8 Å². The predicted molar refractivity (Wildman–Crippen MR) is 66.3 cm³/mol. The molecule has 3 nitrogen and oxygen atoms in total. The Bertz CT molecular complexity index is 183. The highest BCUT2D eigenvalue weighted by molar-refractivity contribution is 7.98. The van der Waals surface area contributed by atoms with Gasteiger partial charge in [0.1, 0.15) is 0 Å². The van der Waals surface area contributed by atoms with E-state index in [2.05, 4.69) is 16.9 Å². The van der Waals surface area contributed by atoms with E-state index in [1.165, 1.54) is 37.9 Å². The summed E-state index contributed by atoms with van der Waals surface area (Å²) in [6.45, 7) is 1.45. The molecule has 0 spiro atoms. The minimum Gasteiger partial charge on any atom is -0.352 e. The third-order valence-electron chi connectivity index (χ3n) is 2.43. The summed E-state index contributed by atoms with van der Waals surface area (Å²) in [6.07, 6.45) is 8.20. The van der Waals surface area contributed by atoms with Crippen LogP contribution in [0.25, 0.3) is 0 Å². The molecule has 0 aromatic carbocycles. The Morgan fingerprint density at radius 1 is 1.33 bits per heavy atom. The third-order valence-corrected chi connectivity index (χ3v) is 3.13. The van der Waals surface area contributed by atoms with E-state index in [0.29, 0.717) is 12.6 Å². The van der Waals surface area contributed by atoms with Gasteiger partial charge in [-0.05, 0) is 44.2 Å². The van der Waals surface area contributed by atoms with Crippen LogP contribution in [-0.4, -0.2) is 37.0 Å². The average Bonchev–Trinajstić information content (AvgIpc) is 3.00. The minimum atomic E-state index is 0.154. The van der Waals surface area contributed by atoms with E-state index in [-0.39, 0.29) is 5.91 Å². The topological polar surface area (TPSA) is 41.1 Å². The maximum Gasteiger partial charge on any atom is 0.234 e. The molecule has 1 saturated carbocycles. The van der Waals surface area contributed by atoms with Gasteiger partial charge >= 0.3 is 0 Å². The summed E-state index contributed by atoms with van der Waals surface area (Å²) >= 11 is 1.90. The standard InChI is InChI=1S/C11H22N2OS/c1-15-8-4-2-3-7-12-9-11(14)13-10-5-6-10/h10,12H,2-9H2,1H3,(H,13,14). The summed E-state index contributed by atoms with van der Waals surface area (Å²) in [5, 5.41) is 6.14. The van der Waals surface area contributed by atoms with Crippen LogP contribution in [0.3, 0.4) is 0 Å². The smallest absolute Gasteiger partial charge is 0.234 e. The zero-order valence-electron chi connectivity index (χ0n) is 9.55. The fourth-order valence-electron chi connectivity index (χ4n) is 1.38. The van der Waals surface area contributed by atoms with Crippen molar-refractivity contribution in [3.63, 3.8) is 0 Å². The second-order valence-corrected chi connectivity index (χ2v) is 5.06. The molecular weight excluding hydrogens is 208 g/mol. The van der Waals surface area contributed by atoms with Gasteiger partial charge in [0.05, 0.1) is 6.54 Å². The SMILES string of the molecule is CSCCCCCNCC(=O)NC1CC1. The van der Waals surface area contributed by atoms with Gasteiger partial charge in [0.2, 0.25) is 5.91 Å². The van der Waals surface area contributed by atoms with Crippen LogP contribution in [0.15, 0.2) is 0 Å². The molecule has 0 aliphatic heterocycles. The van der Waals surface area contributed by atoms with Gasteiger partial charge in [-0.3, -0.25) is 4.79 Å². The first-order valence-corrected chi connectivity index (χ1v) is 7.21. The lowest BCUT2D eigenvalue weighted by Gasteiger charge is -2.05. The zero-order valence-corrected chi connectivity index (χ0v) is 10.4. The van der Waals surface area contributed by atoms with Crippen molar-refractivity contribution in [2.45, 2.75) is 38.1 Å². The molecule has 0 radical (unpaired) electrons. The molecular formula is C11H22N2OS. The summed E-state index contributed by atoms with van der Waals surface area (Å²) < 4.78 is 0. The monoisotopic (exact) mass is 230 g/mol. The van der Waals surface area contributed by atoms with E-state index >= 15 is 0 Å². The van der Waals surface area contributed by atoms with Gasteiger partial charge in [0, 0.05) is 6.04 Å². The van der Waals surface area contributed by atoms with E-state index in [9.17, 15) is 4.79 Å². The zero-order chi connectivity index (χ0) is 10.9. The van der Waals surface area contributed by atoms with Crippen molar-refractivity contribution < 1.29 is 4.79 Å². The van der Waals surface area contributed by atoms with Crippen molar-refractivity contribution in [2.24, 2.45) is 0 Å². The van der Waals surface area contributed by atoms with Crippen molar-refractivity contribution in [3.8, 4) is 0 Å². The minimum absolute atomic E-state index is 0.154. The molecule has 4 heteroatoms. The number of unbranched alkanes of at least 4 members (excludes halogenated alkanes) is 2. The lowest BCUT2D eigenvalue weighted by atomic mass is 10.2. The highest BCUT2D eigenvalue weighted by Crippen LogP contribution is 2.18. The number of rotatable bonds is 9. The Kier molecular flexibility index (Phi) is 6.85. The lowest BCUT2D eigenvalue weighted by Crippen LogP contribution is -2.35. The maximum atomic E-state index is 11.3. The summed E-state index contributed by atoms with van der Waals surface area (Å²) in [5.41, 5.74) is 0. The quantitative estimate of drug-likeness (QED) is 0.588. The molecule has 0 atom stereocenters. The molecule has 15 heavy (non-hydrogen) atoms. The largest absolute Gasteiger partial charge is 0.352 e. The summed E-state index contributed by atoms with van der Waals surface area (Å²) in [4.78, 5) is 11.3. The van der Waals surface area contributed by atoms with Crippen LogP contribution in [0, 0.1) is 0 Å². The summed E-state index contributed by atoms with van der Waals surface area (Å²) in [6, 6.07) is 0.487. The average molecular weight is 230 g/mol. The second-order valence-electron chi connectivity index (χ2n) is 4.07. The molecule has 1 aliphatic carbocycles. The molecule has 1 fully saturated rings. The Hall–Kier alpha value is -0.220. The van der Waals surface area contributed by atoms with Crippen LogP contribution < -0.4 is 10.6 Å². The highest BCUT2D eigenvalue weighted by Gasteiger charge is 2.22. The van der Waals surface area contributed by atoms with E-state index in [4.69, 9.17) is 0 Å². The van der Waals surface area contributed by atoms with Crippen LogP contribution in [0.4, 0.5) is 0 Å². The number of amides is 1. The number of hydrogen-bond acceptors (Lipinski definition) is 3. The molecule has 0 heterocycles. The van der Waals surface area contributed by atoms with Gasteiger partial charge in [0.15, 0.2) is 0 Å². The Balaban J connectivity index is 1.77. The normalized spacial score (nSPS) is 15.3. The molecule has 1 aliphatic rings. The van der Waals surface area contributed by atoms with Gasteiger partial charge in [-0.15, -0.1) is 0 Å². The van der Waals surface area contributed by atoms with Crippen molar-refractivity contribution in [1.29, 1.82) is 0 Å². The molecule has 0 aromatic heterocycles. The Morgan fingerprint density at radius 2 is 2.13 bits per heavy atom. The van der Waals surface area contributed by atoms with Crippen molar-refractivity contribution in [2.75, 3.05) is 25.1 Å². The van der Waals surface area contributed by atoms with Crippen molar-refractivity contribution >= 4 is 17.7 Å². The van der Waals surface area contributed by atoms with Crippen molar-refractivity contribution in [1.82, 2.24) is 10.6 Å². The molecule has 1 amide bonds. The molecule has 0 aromatic rings. The number of thioether (sulfide) groups is 1. The lowest BCUT2D eigenvalue weighted by molar-refractivity contribution is -0.120. The molecule has 88 valence electrons. The van der Waals surface area contributed by atoms with Crippen LogP contribution in [0.1, 0.15) is 32.1 Å². The number of carbonyl (C=O) groups is 1. The van der Waals surface area contributed by atoms with E-state index in [1.807, 2.05) is 11.8 Å². The fraction of sp³-hybridized carbons (Fsp3) is 0.909. The number of nitrogens with one attached hydrogen (secondary N) is 2. The first kappa shape index (κ1) is 12.8. The van der Waals surface area contributed by atoms with Crippen LogP contribution in [0.5, 0.6) is 0 Å². The van der Waals surface area contributed by atoms with E-state index in [0.717, 1.165) is 6.54 Å². The predicted octanol–water partition coefficient (Wildman–Crippen LogP) is 1.39. The first-order valence-electron chi connectivity index (χ1n) is 5.82. The van der Waals surface area contributed by atoms with Crippen molar-refractivity contribution in [3.05, 3.63) is 0 Å².